The van der Waals surface area contributed by atoms with E-state index in [2.05, 4.69) is 5.32 Å². The Morgan fingerprint density at radius 3 is 2.32 bits per heavy atom. The maximum absolute atomic E-state index is 13.3. The Morgan fingerprint density at radius 1 is 0.935 bits per heavy atom. The number of aromatic nitrogens is 1. The zero-order chi connectivity index (χ0) is 22.0. The molecule has 1 aromatic heterocycles. The fraction of sp³-hybridized carbons (Fsp3) is 0.0833. The minimum absolute atomic E-state index is 0.228. The maximum Gasteiger partial charge on any atom is 0.262 e. The highest BCUT2D eigenvalue weighted by molar-refractivity contribution is 6.30. The minimum atomic E-state index is -0.384. The van der Waals surface area contributed by atoms with Gasteiger partial charge in [0.15, 0.2) is 0 Å². The lowest BCUT2D eigenvalue weighted by atomic mass is 10.1. The largest absolute Gasteiger partial charge is 0.497 e. The molecule has 0 aliphatic rings. The quantitative estimate of drug-likeness (QED) is 0.484. The zero-order valence-corrected chi connectivity index (χ0v) is 17.6. The van der Waals surface area contributed by atoms with E-state index in [4.69, 9.17) is 21.1 Å². The van der Waals surface area contributed by atoms with Crippen molar-refractivity contribution in [1.82, 2.24) is 4.57 Å². The average Bonchev–Trinajstić information content (AvgIpc) is 2.80. The Morgan fingerprint density at radius 2 is 1.65 bits per heavy atom. The summed E-state index contributed by atoms with van der Waals surface area (Å²) < 4.78 is 12.0. The number of benzene rings is 3. The molecule has 1 amide bonds. The molecule has 7 heteroatoms. The number of carbonyl (C=O) groups is 1. The summed E-state index contributed by atoms with van der Waals surface area (Å²) in [4.78, 5) is 26.4. The minimum Gasteiger partial charge on any atom is -0.497 e. The summed E-state index contributed by atoms with van der Waals surface area (Å²) in [6.45, 7) is 0. The van der Waals surface area contributed by atoms with Crippen LogP contribution in [0.3, 0.4) is 0 Å². The van der Waals surface area contributed by atoms with E-state index >= 15 is 0 Å². The normalized spacial score (nSPS) is 10.7. The molecular weight excluding hydrogens is 416 g/mol. The van der Waals surface area contributed by atoms with E-state index in [9.17, 15) is 9.59 Å². The summed E-state index contributed by atoms with van der Waals surface area (Å²) in [5.74, 6) is 0.682. The molecule has 31 heavy (non-hydrogen) atoms. The van der Waals surface area contributed by atoms with Gasteiger partial charge in [-0.25, -0.2) is 0 Å². The summed E-state index contributed by atoms with van der Waals surface area (Å²) in [5, 5.41) is 4.41. The monoisotopic (exact) mass is 434 g/mol. The van der Waals surface area contributed by atoms with Crippen LogP contribution < -0.4 is 20.3 Å². The van der Waals surface area contributed by atoms with Gasteiger partial charge in [0.1, 0.15) is 11.5 Å². The third kappa shape index (κ3) is 3.98. The van der Waals surface area contributed by atoms with Gasteiger partial charge in [0.2, 0.25) is 0 Å². The molecule has 0 saturated heterocycles. The number of nitrogens with zero attached hydrogens (tertiary/aromatic N) is 1. The van der Waals surface area contributed by atoms with Crippen molar-refractivity contribution in [2.75, 3.05) is 19.5 Å². The second-order valence-electron chi connectivity index (χ2n) is 6.76. The number of ether oxygens (including phenoxy) is 2. The van der Waals surface area contributed by atoms with E-state index in [1.165, 1.54) is 17.9 Å². The fourth-order valence-electron chi connectivity index (χ4n) is 3.37. The number of amides is 1. The van der Waals surface area contributed by atoms with Crippen LogP contribution in [-0.4, -0.2) is 24.7 Å². The molecule has 0 aliphatic heterocycles. The van der Waals surface area contributed by atoms with Crippen LogP contribution >= 0.6 is 11.6 Å². The summed E-state index contributed by atoms with van der Waals surface area (Å²) in [7, 11) is 3.07. The van der Waals surface area contributed by atoms with Crippen molar-refractivity contribution in [2.24, 2.45) is 0 Å². The number of hydrogen-bond donors (Lipinski definition) is 1. The van der Waals surface area contributed by atoms with Gasteiger partial charge in [0.25, 0.3) is 11.5 Å². The number of anilines is 1. The van der Waals surface area contributed by atoms with Crippen molar-refractivity contribution in [3.05, 3.63) is 93.9 Å². The highest BCUT2D eigenvalue weighted by Gasteiger charge is 2.17. The number of methoxy groups -OCH3 is 2. The molecule has 0 fully saturated rings. The number of fused-ring (bicyclic) bond motifs is 1. The maximum atomic E-state index is 13.3. The summed E-state index contributed by atoms with van der Waals surface area (Å²) in [6.07, 6.45) is 1.54. The van der Waals surface area contributed by atoms with Crippen LogP contribution in [0.1, 0.15) is 10.4 Å². The molecule has 0 spiro atoms. The van der Waals surface area contributed by atoms with E-state index in [1.807, 2.05) is 0 Å². The zero-order valence-electron chi connectivity index (χ0n) is 16.9. The van der Waals surface area contributed by atoms with Gasteiger partial charge in [-0.05, 0) is 42.5 Å². The van der Waals surface area contributed by atoms with Gasteiger partial charge in [-0.3, -0.25) is 14.2 Å². The first-order valence-corrected chi connectivity index (χ1v) is 9.83. The lowest BCUT2D eigenvalue weighted by molar-refractivity contribution is 0.102. The third-order valence-corrected chi connectivity index (χ3v) is 5.18. The fourth-order valence-corrected chi connectivity index (χ4v) is 3.49. The summed E-state index contributed by atoms with van der Waals surface area (Å²) >= 11 is 5.99. The van der Waals surface area contributed by atoms with Crippen LogP contribution in [0.25, 0.3) is 16.5 Å². The van der Waals surface area contributed by atoms with Crippen LogP contribution in [0.5, 0.6) is 11.5 Å². The first-order valence-electron chi connectivity index (χ1n) is 9.45. The van der Waals surface area contributed by atoms with Crippen LogP contribution in [0.4, 0.5) is 5.69 Å². The van der Waals surface area contributed by atoms with E-state index in [-0.39, 0.29) is 11.5 Å². The van der Waals surface area contributed by atoms with Crippen molar-refractivity contribution in [1.29, 1.82) is 0 Å². The van der Waals surface area contributed by atoms with Crippen molar-refractivity contribution in [3.8, 4) is 17.2 Å². The van der Waals surface area contributed by atoms with Gasteiger partial charge in [0, 0.05) is 33.7 Å². The van der Waals surface area contributed by atoms with Crippen LogP contribution in [-0.2, 0) is 0 Å². The Labute approximate surface area is 183 Å². The molecule has 0 unspecified atom stereocenters. The van der Waals surface area contributed by atoms with Gasteiger partial charge >= 0.3 is 0 Å². The van der Waals surface area contributed by atoms with E-state index in [1.54, 1.807) is 73.8 Å². The molecule has 0 bridgehead atoms. The molecule has 156 valence electrons. The Bertz CT molecular complexity index is 1330. The first-order chi connectivity index (χ1) is 15.0. The highest BCUT2D eigenvalue weighted by Crippen LogP contribution is 2.30. The van der Waals surface area contributed by atoms with E-state index in [0.29, 0.717) is 44.2 Å². The van der Waals surface area contributed by atoms with Crippen molar-refractivity contribution >= 4 is 34.0 Å². The van der Waals surface area contributed by atoms with E-state index < -0.39 is 0 Å². The van der Waals surface area contributed by atoms with E-state index in [0.717, 1.165) is 0 Å². The lowest BCUT2D eigenvalue weighted by Gasteiger charge is -2.15. The number of halogens is 1. The van der Waals surface area contributed by atoms with Crippen LogP contribution in [0, 0.1) is 0 Å². The van der Waals surface area contributed by atoms with Crippen LogP contribution in [0.2, 0.25) is 5.02 Å². The third-order valence-electron chi connectivity index (χ3n) is 4.93. The van der Waals surface area contributed by atoms with Crippen LogP contribution in [0.15, 0.2) is 77.7 Å². The van der Waals surface area contributed by atoms with Crippen molar-refractivity contribution in [2.45, 2.75) is 0 Å². The average molecular weight is 435 g/mol. The second kappa shape index (κ2) is 8.53. The molecule has 1 heterocycles. The summed E-state index contributed by atoms with van der Waals surface area (Å²) in [6, 6.07) is 19.0. The number of rotatable bonds is 5. The summed E-state index contributed by atoms with van der Waals surface area (Å²) in [5.41, 5.74) is 1.18. The second-order valence-corrected chi connectivity index (χ2v) is 7.20. The van der Waals surface area contributed by atoms with Gasteiger partial charge in [-0.1, -0.05) is 29.8 Å². The predicted molar refractivity (Wildman–Crippen MR) is 122 cm³/mol. The topological polar surface area (TPSA) is 69.6 Å². The molecule has 3 aromatic carbocycles. The molecule has 0 aliphatic carbocycles. The standard InChI is InChI=1S/C24H19ClN2O4/c1-30-17-11-12-22(31-2)21(13-17)26-23(28)20-14-27(16-9-7-15(25)8-10-16)24(29)19-6-4-3-5-18(19)20/h3-14H,1-2H3,(H,26,28). The number of hydrogen-bond acceptors (Lipinski definition) is 4. The molecule has 0 atom stereocenters. The molecule has 4 rings (SSSR count). The van der Waals surface area contributed by atoms with Crippen molar-refractivity contribution < 1.29 is 14.3 Å². The van der Waals surface area contributed by atoms with Gasteiger partial charge in [0.05, 0.1) is 25.5 Å². The number of nitrogens with one attached hydrogen (secondary N) is 1. The lowest BCUT2D eigenvalue weighted by Crippen LogP contribution is -2.22. The molecule has 0 saturated carbocycles. The predicted octanol–water partition coefficient (Wildman–Crippen LogP) is 4.91. The van der Waals surface area contributed by atoms with Crippen molar-refractivity contribution in [3.63, 3.8) is 0 Å². The Balaban J connectivity index is 1.85. The van der Waals surface area contributed by atoms with Gasteiger partial charge < -0.3 is 14.8 Å². The SMILES string of the molecule is COc1ccc(OC)c(NC(=O)c2cn(-c3ccc(Cl)cc3)c(=O)c3ccccc23)c1. The molecule has 0 radical (unpaired) electrons. The van der Waals surface area contributed by atoms with Gasteiger partial charge in [-0.15, -0.1) is 0 Å². The Kier molecular flexibility index (Phi) is 5.64. The molecule has 1 N–H and O–H groups in total. The first kappa shape index (κ1) is 20.5. The smallest absolute Gasteiger partial charge is 0.262 e. The van der Waals surface area contributed by atoms with Gasteiger partial charge in [-0.2, -0.15) is 0 Å². The number of carbonyl (C=O) groups excluding carboxylic acids is 1. The number of pyridine rings is 1. The molecular formula is C24H19ClN2O4. The highest BCUT2D eigenvalue weighted by atomic mass is 35.5. The Hall–Kier alpha value is -3.77. The molecule has 6 nitrogen and oxygen atoms in total. The molecule has 4 aromatic rings.